The maximum atomic E-state index is 13.2. The van der Waals surface area contributed by atoms with Crippen LogP contribution < -0.4 is 9.46 Å². The molecule has 3 rings (SSSR count). The molecule has 1 aromatic heterocycles. The van der Waals surface area contributed by atoms with E-state index in [9.17, 15) is 17.6 Å². The van der Waals surface area contributed by atoms with E-state index in [2.05, 4.69) is 10.2 Å². The Morgan fingerprint density at radius 1 is 1.29 bits per heavy atom. The van der Waals surface area contributed by atoms with Crippen LogP contribution in [0, 0.1) is 5.82 Å². The van der Waals surface area contributed by atoms with Crippen molar-refractivity contribution in [3.8, 4) is 5.75 Å². The van der Waals surface area contributed by atoms with Crippen molar-refractivity contribution in [1.82, 2.24) is 14.9 Å². The number of hydrogen-bond donors (Lipinski definition) is 1. The summed E-state index contributed by atoms with van der Waals surface area (Å²) in [7, 11) is -2.77. The Morgan fingerprint density at radius 3 is 2.67 bits per heavy atom. The molecule has 0 saturated heterocycles. The van der Waals surface area contributed by atoms with Gasteiger partial charge >= 0.3 is 0 Å². The van der Waals surface area contributed by atoms with Gasteiger partial charge in [0, 0.05) is 12.0 Å². The lowest BCUT2D eigenvalue weighted by Gasteiger charge is -2.09. The summed E-state index contributed by atoms with van der Waals surface area (Å²) < 4.78 is 44.5. The predicted octanol–water partition coefficient (Wildman–Crippen LogP) is 1.62. The molecule has 126 valence electrons. The average Bonchev–Trinajstić information content (AvgIpc) is 3.38. The van der Waals surface area contributed by atoms with Gasteiger partial charge in [0.05, 0.1) is 12.0 Å². The molecule has 1 amide bonds. The number of carbonyl (C=O) groups excluding carboxylic acids is 1. The van der Waals surface area contributed by atoms with Crippen LogP contribution in [0.15, 0.2) is 35.2 Å². The van der Waals surface area contributed by atoms with Crippen molar-refractivity contribution in [2.75, 3.05) is 7.11 Å². The molecular weight excluding hydrogens is 337 g/mol. The molecule has 0 spiro atoms. The summed E-state index contributed by atoms with van der Waals surface area (Å²) in [5, 5.41) is 7.72. The van der Waals surface area contributed by atoms with Crippen LogP contribution in [0.4, 0.5) is 4.39 Å². The first-order valence-corrected chi connectivity index (χ1v) is 8.63. The molecule has 1 aliphatic carbocycles. The van der Waals surface area contributed by atoms with Crippen LogP contribution >= 0.6 is 0 Å². The minimum Gasteiger partial charge on any atom is -0.495 e. The third kappa shape index (κ3) is 3.35. The first-order valence-electron chi connectivity index (χ1n) is 7.15. The molecule has 0 atom stereocenters. The number of amides is 1. The zero-order chi connectivity index (χ0) is 17.3. The van der Waals surface area contributed by atoms with Gasteiger partial charge in [-0.25, -0.2) is 17.5 Å². The van der Waals surface area contributed by atoms with E-state index >= 15 is 0 Å². The first-order chi connectivity index (χ1) is 11.4. The number of methoxy groups -OCH3 is 1. The van der Waals surface area contributed by atoms with Gasteiger partial charge in [-0.3, -0.25) is 4.79 Å². The lowest BCUT2D eigenvalue weighted by atomic mass is 10.2. The van der Waals surface area contributed by atoms with Crippen LogP contribution in [-0.4, -0.2) is 31.6 Å². The van der Waals surface area contributed by atoms with E-state index in [-0.39, 0.29) is 16.5 Å². The average molecular weight is 351 g/mol. The molecule has 1 aliphatic rings. The van der Waals surface area contributed by atoms with Gasteiger partial charge in [-0.2, -0.15) is 5.10 Å². The number of halogens is 1. The molecule has 24 heavy (non-hydrogen) atoms. The van der Waals surface area contributed by atoms with E-state index in [1.165, 1.54) is 25.3 Å². The van der Waals surface area contributed by atoms with Crippen LogP contribution in [0.2, 0.25) is 0 Å². The van der Waals surface area contributed by atoms with Crippen LogP contribution in [0.1, 0.15) is 34.9 Å². The van der Waals surface area contributed by atoms with Gasteiger partial charge in [-0.15, -0.1) is 5.10 Å². The fraction of sp³-hybridized carbons (Fsp3) is 0.267. The maximum absolute atomic E-state index is 13.2. The van der Waals surface area contributed by atoms with Gasteiger partial charge in [0.25, 0.3) is 15.9 Å². The first kappa shape index (κ1) is 16.3. The van der Waals surface area contributed by atoms with Gasteiger partial charge in [0.15, 0.2) is 5.69 Å². The van der Waals surface area contributed by atoms with Crippen LogP contribution in [0.25, 0.3) is 0 Å². The Kier molecular flexibility index (Phi) is 4.18. The topological polar surface area (TPSA) is 98.2 Å². The molecule has 0 radical (unpaired) electrons. The maximum Gasteiger partial charge on any atom is 0.285 e. The van der Waals surface area contributed by atoms with Crippen molar-refractivity contribution in [3.63, 3.8) is 0 Å². The lowest BCUT2D eigenvalue weighted by Crippen LogP contribution is -2.31. The number of rotatable bonds is 5. The Labute approximate surface area is 137 Å². The van der Waals surface area contributed by atoms with Crippen LogP contribution in [0.5, 0.6) is 5.75 Å². The number of sulfonamides is 1. The van der Waals surface area contributed by atoms with Crippen molar-refractivity contribution in [2.45, 2.75) is 23.7 Å². The second-order valence-electron chi connectivity index (χ2n) is 5.35. The van der Waals surface area contributed by atoms with Crippen molar-refractivity contribution < 1.29 is 22.3 Å². The van der Waals surface area contributed by atoms with Gasteiger partial charge in [0.1, 0.15) is 17.3 Å². The number of ether oxygens (including phenoxy) is 1. The molecule has 2 aromatic rings. The monoisotopic (exact) mass is 351 g/mol. The normalized spacial score (nSPS) is 14.2. The fourth-order valence-electron chi connectivity index (χ4n) is 2.17. The third-order valence-electron chi connectivity index (χ3n) is 3.54. The quantitative estimate of drug-likeness (QED) is 0.879. The van der Waals surface area contributed by atoms with Crippen molar-refractivity contribution in [3.05, 3.63) is 47.5 Å². The van der Waals surface area contributed by atoms with Gasteiger partial charge in [-0.1, -0.05) is 6.07 Å². The molecule has 1 fully saturated rings. The molecule has 1 N–H and O–H groups in total. The number of benzene rings is 1. The second-order valence-corrected chi connectivity index (χ2v) is 7.03. The summed E-state index contributed by atoms with van der Waals surface area (Å²) in [6.07, 6.45) is 1.95. The molecule has 7 nitrogen and oxygen atoms in total. The van der Waals surface area contributed by atoms with Crippen LogP contribution in [-0.2, 0) is 10.0 Å². The van der Waals surface area contributed by atoms with Crippen molar-refractivity contribution in [2.24, 2.45) is 0 Å². The van der Waals surface area contributed by atoms with E-state index < -0.39 is 21.7 Å². The number of hydrogen-bond acceptors (Lipinski definition) is 6. The van der Waals surface area contributed by atoms with E-state index in [1.807, 2.05) is 4.72 Å². The SMILES string of the molecule is COc1cc(C(=O)NS(=O)(=O)c2cccc(F)c2)nnc1C1CC1. The van der Waals surface area contributed by atoms with E-state index in [4.69, 9.17) is 4.74 Å². The molecule has 9 heteroatoms. The van der Waals surface area contributed by atoms with Gasteiger partial charge in [0.2, 0.25) is 0 Å². The highest BCUT2D eigenvalue weighted by Gasteiger charge is 2.30. The highest BCUT2D eigenvalue weighted by atomic mass is 32.2. The van der Waals surface area contributed by atoms with Gasteiger partial charge < -0.3 is 4.74 Å². The highest BCUT2D eigenvalue weighted by molar-refractivity contribution is 7.90. The second kappa shape index (κ2) is 6.16. The molecule has 0 aliphatic heterocycles. The fourth-order valence-corrected chi connectivity index (χ4v) is 3.16. The third-order valence-corrected chi connectivity index (χ3v) is 4.86. The summed E-state index contributed by atoms with van der Waals surface area (Å²) in [6, 6.07) is 5.69. The number of nitrogens with zero attached hydrogens (tertiary/aromatic N) is 2. The summed E-state index contributed by atoms with van der Waals surface area (Å²) in [6.45, 7) is 0. The summed E-state index contributed by atoms with van der Waals surface area (Å²) >= 11 is 0. The Balaban J connectivity index is 1.84. The number of carbonyl (C=O) groups is 1. The Morgan fingerprint density at radius 2 is 2.04 bits per heavy atom. The summed E-state index contributed by atoms with van der Waals surface area (Å²) in [5.41, 5.74) is 0.457. The lowest BCUT2D eigenvalue weighted by molar-refractivity contribution is 0.0975. The minimum absolute atomic E-state index is 0.198. The Hall–Kier alpha value is -2.55. The number of aromatic nitrogens is 2. The van der Waals surface area contributed by atoms with Gasteiger partial charge in [-0.05, 0) is 31.0 Å². The van der Waals surface area contributed by atoms with Crippen molar-refractivity contribution in [1.29, 1.82) is 0 Å². The summed E-state index contributed by atoms with van der Waals surface area (Å²) in [4.78, 5) is 11.8. The molecule has 1 heterocycles. The van der Waals surface area contributed by atoms with Crippen LogP contribution in [0.3, 0.4) is 0 Å². The van der Waals surface area contributed by atoms with E-state index in [0.717, 1.165) is 25.0 Å². The molecule has 0 unspecified atom stereocenters. The van der Waals surface area contributed by atoms with Crippen molar-refractivity contribution >= 4 is 15.9 Å². The van der Waals surface area contributed by atoms with E-state index in [0.29, 0.717) is 11.4 Å². The number of nitrogens with one attached hydrogen (secondary N) is 1. The molecular formula is C15H14FN3O4S. The molecule has 1 aromatic carbocycles. The summed E-state index contributed by atoms with van der Waals surface area (Å²) in [5.74, 6) is -1.03. The molecule has 0 bridgehead atoms. The zero-order valence-corrected chi connectivity index (χ0v) is 13.5. The zero-order valence-electron chi connectivity index (χ0n) is 12.7. The highest BCUT2D eigenvalue weighted by Crippen LogP contribution is 2.42. The minimum atomic E-state index is -4.21. The smallest absolute Gasteiger partial charge is 0.285 e. The largest absolute Gasteiger partial charge is 0.495 e. The predicted molar refractivity (Wildman–Crippen MR) is 81.6 cm³/mol. The van der Waals surface area contributed by atoms with E-state index in [1.54, 1.807) is 0 Å². The standard InChI is InChI=1S/C15H14FN3O4S/c1-23-13-8-12(17-18-14(13)9-5-6-9)15(20)19-24(21,22)11-4-2-3-10(16)7-11/h2-4,7-9H,5-6H2,1H3,(H,19,20). The molecule has 1 saturated carbocycles. The Bertz CT molecular complexity index is 897.